The molecule has 0 aliphatic rings. The molecule has 0 bridgehead atoms. The van der Waals surface area contributed by atoms with Crippen molar-refractivity contribution in [1.29, 1.82) is 0 Å². The molecular formula is C9H9BrN4OS. The molecule has 2 rings (SSSR count). The van der Waals surface area contributed by atoms with Crippen molar-refractivity contribution in [3.8, 4) is 0 Å². The number of amides is 1. The fourth-order valence-electron chi connectivity index (χ4n) is 1.14. The number of thiophene rings is 1. The van der Waals surface area contributed by atoms with Gasteiger partial charge < -0.3 is 5.32 Å². The lowest BCUT2D eigenvalue weighted by atomic mass is 10.4. The van der Waals surface area contributed by atoms with Crippen molar-refractivity contribution in [3.05, 3.63) is 32.4 Å². The quantitative estimate of drug-likeness (QED) is 0.909. The number of nitrogens with one attached hydrogen (secondary N) is 2. The van der Waals surface area contributed by atoms with Gasteiger partial charge >= 0.3 is 0 Å². The Kier molecular flexibility index (Phi) is 3.35. The van der Waals surface area contributed by atoms with Gasteiger partial charge in [0.25, 0.3) is 5.91 Å². The highest BCUT2D eigenvalue weighted by Crippen LogP contribution is 2.22. The molecule has 0 fully saturated rings. The summed E-state index contributed by atoms with van der Waals surface area (Å²) in [4.78, 5) is 16.6. The van der Waals surface area contributed by atoms with Gasteiger partial charge in [-0.1, -0.05) is 0 Å². The van der Waals surface area contributed by atoms with E-state index in [2.05, 4.69) is 36.4 Å². The summed E-state index contributed by atoms with van der Waals surface area (Å²) in [5, 5.41) is 11.1. The molecule has 0 saturated heterocycles. The van der Waals surface area contributed by atoms with E-state index in [0.29, 0.717) is 12.4 Å². The molecule has 2 N–H and O–H groups in total. The Labute approximate surface area is 104 Å². The molecule has 1 amide bonds. The van der Waals surface area contributed by atoms with Gasteiger partial charge in [0.1, 0.15) is 5.82 Å². The topological polar surface area (TPSA) is 70.7 Å². The molecule has 0 unspecified atom stereocenters. The highest BCUT2D eigenvalue weighted by atomic mass is 79.9. The molecule has 0 aliphatic heterocycles. The van der Waals surface area contributed by atoms with E-state index in [1.54, 1.807) is 18.3 Å². The van der Waals surface area contributed by atoms with Gasteiger partial charge in [0.05, 0.1) is 6.54 Å². The molecule has 0 aliphatic carbocycles. The van der Waals surface area contributed by atoms with Crippen molar-refractivity contribution < 1.29 is 4.79 Å². The zero-order valence-corrected chi connectivity index (χ0v) is 10.9. The van der Waals surface area contributed by atoms with Gasteiger partial charge in [-0.2, -0.15) is 0 Å². The Hall–Kier alpha value is -1.21. The number of halogens is 1. The fraction of sp³-hybridized carbons (Fsp3) is 0.222. The van der Waals surface area contributed by atoms with E-state index >= 15 is 0 Å². The molecular weight excluding hydrogens is 292 g/mol. The standard InChI is InChI=1S/C9H9BrN4OS/c1-5-12-8(14-13-5)9(15)11-4-7-6(10)2-3-16-7/h2-3H,4H2,1H3,(H,11,15)(H,12,13,14). The number of carbonyl (C=O) groups excluding carboxylic acids is 1. The molecule has 0 saturated carbocycles. The summed E-state index contributed by atoms with van der Waals surface area (Å²) in [5.74, 6) is 0.525. The first kappa shape index (κ1) is 11.3. The predicted octanol–water partition coefficient (Wildman–Crippen LogP) is 1.87. The third kappa shape index (κ3) is 2.48. The fourth-order valence-corrected chi connectivity index (χ4v) is 2.57. The van der Waals surface area contributed by atoms with Crippen LogP contribution in [-0.4, -0.2) is 21.1 Å². The molecule has 5 nitrogen and oxygen atoms in total. The first-order chi connectivity index (χ1) is 7.66. The molecule has 0 aromatic carbocycles. The zero-order valence-electron chi connectivity index (χ0n) is 8.45. The van der Waals surface area contributed by atoms with Crippen LogP contribution in [0, 0.1) is 6.92 Å². The molecule has 0 radical (unpaired) electrons. The lowest BCUT2D eigenvalue weighted by Crippen LogP contribution is -2.23. The second-order valence-corrected chi connectivity index (χ2v) is 4.97. The van der Waals surface area contributed by atoms with Crippen LogP contribution in [0.3, 0.4) is 0 Å². The summed E-state index contributed by atoms with van der Waals surface area (Å²) in [5.41, 5.74) is 0. The lowest BCUT2D eigenvalue weighted by molar-refractivity contribution is 0.0941. The van der Waals surface area contributed by atoms with Crippen LogP contribution in [0.2, 0.25) is 0 Å². The van der Waals surface area contributed by atoms with Crippen molar-refractivity contribution in [2.45, 2.75) is 13.5 Å². The molecule has 2 aromatic rings. The van der Waals surface area contributed by atoms with E-state index in [0.717, 1.165) is 9.35 Å². The van der Waals surface area contributed by atoms with Crippen molar-refractivity contribution in [2.24, 2.45) is 0 Å². The number of rotatable bonds is 3. The molecule has 2 aromatic heterocycles. The number of nitrogens with zero attached hydrogens (tertiary/aromatic N) is 2. The number of aryl methyl sites for hydroxylation is 1. The monoisotopic (exact) mass is 300 g/mol. The van der Waals surface area contributed by atoms with E-state index in [1.165, 1.54) is 0 Å². The number of hydrogen-bond donors (Lipinski definition) is 2. The van der Waals surface area contributed by atoms with Crippen LogP contribution >= 0.6 is 27.3 Å². The van der Waals surface area contributed by atoms with E-state index in [4.69, 9.17) is 0 Å². The predicted molar refractivity (Wildman–Crippen MR) is 64.3 cm³/mol. The lowest BCUT2D eigenvalue weighted by Gasteiger charge is -2.00. The number of hydrogen-bond acceptors (Lipinski definition) is 4. The zero-order chi connectivity index (χ0) is 11.5. The van der Waals surface area contributed by atoms with Crippen molar-refractivity contribution in [3.63, 3.8) is 0 Å². The minimum atomic E-state index is -0.273. The Morgan fingerprint density at radius 3 is 3.06 bits per heavy atom. The summed E-state index contributed by atoms with van der Waals surface area (Å²) >= 11 is 4.98. The number of aromatic amines is 1. The Bertz CT molecular complexity index is 507. The van der Waals surface area contributed by atoms with E-state index in [1.807, 2.05) is 11.4 Å². The minimum Gasteiger partial charge on any atom is -0.344 e. The number of carbonyl (C=O) groups is 1. The average Bonchev–Trinajstić information content (AvgIpc) is 2.84. The molecule has 2 heterocycles. The maximum atomic E-state index is 11.6. The van der Waals surface area contributed by atoms with Gasteiger partial charge in [0.2, 0.25) is 5.82 Å². The van der Waals surface area contributed by atoms with E-state index in [-0.39, 0.29) is 11.7 Å². The van der Waals surface area contributed by atoms with Gasteiger partial charge in [0, 0.05) is 9.35 Å². The van der Waals surface area contributed by atoms with Gasteiger partial charge in [-0.15, -0.1) is 16.4 Å². The Morgan fingerprint density at radius 1 is 1.69 bits per heavy atom. The van der Waals surface area contributed by atoms with Crippen molar-refractivity contribution in [1.82, 2.24) is 20.5 Å². The summed E-state index contributed by atoms with van der Waals surface area (Å²) in [6.45, 7) is 2.23. The van der Waals surface area contributed by atoms with Crippen LogP contribution in [0.5, 0.6) is 0 Å². The van der Waals surface area contributed by atoms with Crippen LogP contribution in [0.25, 0.3) is 0 Å². The summed E-state index contributed by atoms with van der Waals surface area (Å²) in [6.07, 6.45) is 0. The highest BCUT2D eigenvalue weighted by Gasteiger charge is 2.11. The summed E-state index contributed by atoms with van der Waals surface area (Å²) < 4.78 is 1.00. The summed E-state index contributed by atoms with van der Waals surface area (Å²) in [7, 11) is 0. The number of H-pyrrole nitrogens is 1. The van der Waals surface area contributed by atoms with E-state index < -0.39 is 0 Å². The van der Waals surface area contributed by atoms with Crippen LogP contribution in [-0.2, 0) is 6.54 Å². The first-order valence-corrected chi connectivity index (χ1v) is 6.23. The SMILES string of the molecule is Cc1nc(C(=O)NCc2sccc2Br)n[nH]1. The van der Waals surface area contributed by atoms with Gasteiger partial charge in [-0.3, -0.25) is 9.89 Å². The Morgan fingerprint density at radius 2 is 2.50 bits per heavy atom. The third-order valence-corrected chi connectivity index (χ3v) is 3.83. The maximum Gasteiger partial charge on any atom is 0.291 e. The average molecular weight is 301 g/mol. The van der Waals surface area contributed by atoms with Gasteiger partial charge in [-0.25, -0.2) is 4.98 Å². The highest BCUT2D eigenvalue weighted by molar-refractivity contribution is 9.10. The largest absolute Gasteiger partial charge is 0.344 e. The van der Waals surface area contributed by atoms with Crippen molar-refractivity contribution in [2.75, 3.05) is 0 Å². The second-order valence-electron chi connectivity index (χ2n) is 3.12. The van der Waals surface area contributed by atoms with Crippen molar-refractivity contribution >= 4 is 33.2 Å². The third-order valence-electron chi connectivity index (χ3n) is 1.90. The van der Waals surface area contributed by atoms with Gasteiger partial charge in [0.15, 0.2) is 0 Å². The molecule has 0 atom stereocenters. The van der Waals surface area contributed by atoms with Crippen LogP contribution in [0.1, 0.15) is 21.3 Å². The Balaban J connectivity index is 1.96. The van der Waals surface area contributed by atoms with E-state index in [9.17, 15) is 4.79 Å². The molecule has 7 heteroatoms. The molecule has 84 valence electrons. The molecule has 0 spiro atoms. The van der Waals surface area contributed by atoms with Gasteiger partial charge in [-0.05, 0) is 34.3 Å². The smallest absolute Gasteiger partial charge is 0.291 e. The minimum absolute atomic E-state index is 0.171. The normalized spacial score (nSPS) is 10.4. The second kappa shape index (κ2) is 4.75. The number of aromatic nitrogens is 3. The van der Waals surface area contributed by atoms with Crippen LogP contribution in [0.15, 0.2) is 15.9 Å². The van der Waals surface area contributed by atoms with Crippen LogP contribution in [0.4, 0.5) is 0 Å². The maximum absolute atomic E-state index is 11.6. The summed E-state index contributed by atoms with van der Waals surface area (Å²) in [6, 6.07) is 1.95. The first-order valence-electron chi connectivity index (χ1n) is 4.56. The molecule has 16 heavy (non-hydrogen) atoms. The van der Waals surface area contributed by atoms with Crippen LogP contribution < -0.4 is 5.32 Å².